The van der Waals surface area contributed by atoms with Crippen LogP contribution in [0.15, 0.2) is 59.5 Å². The second-order valence-electron chi connectivity index (χ2n) is 9.40. The fourth-order valence-electron chi connectivity index (χ4n) is 4.41. The van der Waals surface area contributed by atoms with Gasteiger partial charge in [0.15, 0.2) is 0 Å². The van der Waals surface area contributed by atoms with Crippen molar-refractivity contribution in [2.75, 3.05) is 38.2 Å². The molecule has 1 N–H and O–H groups in total. The van der Waals surface area contributed by atoms with Gasteiger partial charge in [-0.05, 0) is 79.9 Å². The normalized spacial score (nSPS) is 14.1. The molecule has 1 amide bonds. The number of hydrogen-bond donors (Lipinski definition) is 1. The molecule has 0 aromatic heterocycles. The lowest BCUT2D eigenvalue weighted by Crippen LogP contribution is -2.51. The smallest absolute Gasteiger partial charge is 0.255 e. The van der Waals surface area contributed by atoms with E-state index in [2.05, 4.69) is 5.32 Å². The molecule has 1 fully saturated rings. The first-order valence-electron chi connectivity index (χ1n) is 12.8. The number of rotatable bonds is 9. The van der Waals surface area contributed by atoms with Gasteiger partial charge in [0.2, 0.25) is 5.91 Å². The second kappa shape index (κ2) is 12.8. The number of sulfonamides is 1. The molecule has 3 aromatic carbocycles. The van der Waals surface area contributed by atoms with Gasteiger partial charge in [-0.2, -0.15) is 5.26 Å². The van der Waals surface area contributed by atoms with Crippen LogP contribution in [0.1, 0.15) is 29.2 Å². The topological polar surface area (TPSA) is 112 Å². The molecule has 1 aliphatic heterocycles. The van der Waals surface area contributed by atoms with E-state index in [4.69, 9.17) is 21.1 Å². The number of nitrogens with zero attached hydrogens (tertiary/aromatic N) is 3. The summed E-state index contributed by atoms with van der Waals surface area (Å²) in [4.78, 5) is 13.1. The molecule has 0 atom stereocenters. The van der Waals surface area contributed by atoms with Crippen molar-refractivity contribution in [1.29, 1.82) is 5.26 Å². The molecule has 0 bridgehead atoms. The Balaban J connectivity index is 1.45. The summed E-state index contributed by atoms with van der Waals surface area (Å²) < 4.78 is 39.4. The Labute approximate surface area is 239 Å². The quantitative estimate of drug-likeness (QED) is 0.375. The van der Waals surface area contributed by atoms with Gasteiger partial charge in [0.25, 0.3) is 10.0 Å². The van der Waals surface area contributed by atoms with Crippen LogP contribution in [0.5, 0.6) is 11.5 Å². The van der Waals surface area contributed by atoms with Crippen LogP contribution in [0.25, 0.3) is 0 Å². The molecule has 0 aliphatic carbocycles. The van der Waals surface area contributed by atoms with Crippen LogP contribution in [0.3, 0.4) is 0 Å². The fourth-order valence-corrected chi connectivity index (χ4v) is 6.26. The van der Waals surface area contributed by atoms with Gasteiger partial charge in [-0.3, -0.25) is 4.79 Å². The van der Waals surface area contributed by atoms with Crippen LogP contribution >= 0.6 is 11.6 Å². The summed E-state index contributed by atoms with van der Waals surface area (Å²) >= 11 is 6.09. The number of benzene rings is 3. The van der Waals surface area contributed by atoms with E-state index < -0.39 is 10.0 Å². The van der Waals surface area contributed by atoms with Gasteiger partial charge in [0.05, 0.1) is 36.2 Å². The molecular weight excluding hydrogens is 552 g/mol. The lowest BCUT2D eigenvalue weighted by Gasteiger charge is -2.35. The predicted octanol–water partition coefficient (Wildman–Crippen LogP) is 5.06. The van der Waals surface area contributed by atoms with Crippen LogP contribution in [-0.4, -0.2) is 56.6 Å². The Morgan fingerprint density at radius 2 is 1.85 bits per heavy atom. The number of halogens is 1. The zero-order chi connectivity index (χ0) is 28.9. The van der Waals surface area contributed by atoms with Gasteiger partial charge >= 0.3 is 0 Å². The van der Waals surface area contributed by atoms with Gasteiger partial charge in [-0.25, -0.2) is 13.4 Å². The highest BCUT2D eigenvalue weighted by atomic mass is 35.5. The first kappa shape index (κ1) is 29.5. The number of ether oxygens (including phenoxy) is 2. The average molecular weight is 583 g/mol. The molecule has 0 unspecified atom stereocenters. The lowest BCUT2D eigenvalue weighted by molar-refractivity contribution is -0.115. The third-order valence-electron chi connectivity index (χ3n) is 6.47. The van der Waals surface area contributed by atoms with Crippen LogP contribution in [0.2, 0.25) is 5.02 Å². The summed E-state index contributed by atoms with van der Waals surface area (Å²) in [5.41, 5.74) is 3.13. The van der Waals surface area contributed by atoms with Gasteiger partial charge in [-0.15, -0.1) is 4.41 Å². The number of carbonyl (C=O) groups excluding carboxylic acids is 1. The molecule has 11 heteroatoms. The molecule has 0 radical (unpaired) electrons. The van der Waals surface area contributed by atoms with Gasteiger partial charge in [-0.1, -0.05) is 23.7 Å². The van der Waals surface area contributed by atoms with Crippen molar-refractivity contribution in [2.24, 2.45) is 0 Å². The minimum absolute atomic E-state index is 0.0791. The molecule has 40 heavy (non-hydrogen) atoms. The molecule has 0 spiro atoms. The molecule has 9 nitrogen and oxygen atoms in total. The van der Waals surface area contributed by atoms with Crippen molar-refractivity contribution >= 4 is 33.2 Å². The number of morpholine rings is 1. The van der Waals surface area contributed by atoms with E-state index in [0.717, 1.165) is 11.1 Å². The number of carbonyl (C=O) groups is 1. The Hall–Kier alpha value is -3.46. The number of hydrogen-bond acceptors (Lipinski definition) is 7. The number of anilines is 1. The van der Waals surface area contributed by atoms with E-state index in [1.807, 2.05) is 25.1 Å². The maximum atomic E-state index is 13.4. The van der Waals surface area contributed by atoms with Gasteiger partial charge in [0.1, 0.15) is 11.5 Å². The largest absolute Gasteiger partial charge is 0.457 e. The summed E-state index contributed by atoms with van der Waals surface area (Å²) in [5, 5.41) is 14.2. The Bertz CT molecular complexity index is 1550. The zero-order valence-electron chi connectivity index (χ0n) is 22.6. The highest BCUT2D eigenvalue weighted by Crippen LogP contribution is 2.30. The molecule has 1 saturated heterocycles. The molecular formula is C29H31ClN4O5S. The van der Waals surface area contributed by atoms with Crippen LogP contribution in [0.4, 0.5) is 5.69 Å². The highest BCUT2D eigenvalue weighted by molar-refractivity contribution is 7.89. The van der Waals surface area contributed by atoms with Crippen molar-refractivity contribution in [3.05, 3.63) is 81.9 Å². The summed E-state index contributed by atoms with van der Waals surface area (Å²) in [6.45, 7) is 7.72. The fraction of sp³-hybridized carbons (Fsp3) is 0.310. The average Bonchev–Trinajstić information content (AvgIpc) is 2.92. The van der Waals surface area contributed by atoms with Crippen molar-refractivity contribution < 1.29 is 22.7 Å². The first-order valence-corrected chi connectivity index (χ1v) is 14.7. The van der Waals surface area contributed by atoms with Crippen molar-refractivity contribution in [1.82, 2.24) is 9.42 Å². The van der Waals surface area contributed by atoms with E-state index in [0.29, 0.717) is 66.2 Å². The van der Waals surface area contributed by atoms with E-state index in [-0.39, 0.29) is 17.2 Å². The summed E-state index contributed by atoms with van der Waals surface area (Å²) in [5.74, 6) is 0.712. The number of nitrogens with one attached hydrogen (secondary N) is 1. The monoisotopic (exact) mass is 582 g/mol. The van der Waals surface area contributed by atoms with Crippen LogP contribution in [-0.2, 0) is 26.0 Å². The lowest BCUT2D eigenvalue weighted by atomic mass is 10.1. The molecule has 4 rings (SSSR count). The van der Waals surface area contributed by atoms with Crippen LogP contribution < -0.4 is 10.1 Å². The molecule has 210 valence electrons. The molecule has 1 aliphatic rings. The number of hydrazine groups is 1. The number of aryl methyl sites for hydroxylation is 2. The Morgan fingerprint density at radius 1 is 1.10 bits per heavy atom. The third kappa shape index (κ3) is 6.99. The summed E-state index contributed by atoms with van der Waals surface area (Å²) in [6.07, 6.45) is 0.0791. The predicted molar refractivity (Wildman–Crippen MR) is 153 cm³/mol. The van der Waals surface area contributed by atoms with Crippen LogP contribution in [0, 0.1) is 25.2 Å². The van der Waals surface area contributed by atoms with E-state index >= 15 is 0 Å². The molecule has 0 saturated carbocycles. The minimum atomic E-state index is -3.76. The van der Waals surface area contributed by atoms with E-state index in [1.165, 1.54) is 10.5 Å². The number of amides is 1. The molecule has 1 heterocycles. The van der Waals surface area contributed by atoms with Crippen molar-refractivity contribution in [3.8, 4) is 17.6 Å². The zero-order valence-corrected chi connectivity index (χ0v) is 24.2. The Morgan fingerprint density at radius 3 is 2.52 bits per heavy atom. The first-order chi connectivity index (χ1) is 19.1. The third-order valence-corrected chi connectivity index (χ3v) is 8.58. The maximum Gasteiger partial charge on any atom is 0.255 e. The number of nitriles is 1. The van der Waals surface area contributed by atoms with Crippen molar-refractivity contribution in [2.45, 2.75) is 32.1 Å². The van der Waals surface area contributed by atoms with E-state index in [9.17, 15) is 18.5 Å². The van der Waals surface area contributed by atoms with Gasteiger partial charge < -0.3 is 14.8 Å². The van der Waals surface area contributed by atoms with Gasteiger partial charge in [0, 0.05) is 30.3 Å². The van der Waals surface area contributed by atoms with Crippen molar-refractivity contribution in [3.63, 3.8) is 0 Å². The standard InChI is InChI=1S/C29H31ClN4O5S/c1-4-34(33-9-11-38-12-10-33)40(36,37)26-7-8-27(21(3)13-26)32-29(35)17-22-6-5-20(2)28(16-22)39-25-15-23(19-31)14-24(30)18-25/h5-8,13-16,18H,4,9-12,17H2,1-3H3,(H,32,35). The maximum absolute atomic E-state index is 13.4. The molecule has 3 aromatic rings. The van der Waals surface area contributed by atoms with E-state index in [1.54, 1.807) is 55.3 Å². The SMILES string of the molecule is CCN(N1CCOCC1)S(=O)(=O)c1ccc(NC(=O)Cc2ccc(C)c(Oc3cc(Cl)cc(C#N)c3)c2)c(C)c1. The summed E-state index contributed by atoms with van der Waals surface area (Å²) in [7, 11) is -3.76. The minimum Gasteiger partial charge on any atom is -0.457 e. The Kier molecular flexibility index (Phi) is 9.45. The summed E-state index contributed by atoms with van der Waals surface area (Å²) in [6, 6.07) is 17.0. The highest BCUT2D eigenvalue weighted by Gasteiger charge is 2.30. The second-order valence-corrected chi connectivity index (χ2v) is 11.7.